The van der Waals surface area contributed by atoms with Gasteiger partial charge < -0.3 is 15.3 Å². The van der Waals surface area contributed by atoms with E-state index in [1.807, 2.05) is 30.5 Å². The lowest BCUT2D eigenvalue weighted by Crippen LogP contribution is -2.15. The Morgan fingerprint density at radius 2 is 1.61 bits per heavy atom. The maximum atomic E-state index is 11.9. The van der Waals surface area contributed by atoms with E-state index in [4.69, 9.17) is 0 Å². The first-order valence-corrected chi connectivity index (χ1v) is 7.68. The van der Waals surface area contributed by atoms with Crippen molar-refractivity contribution in [3.8, 4) is 0 Å². The summed E-state index contributed by atoms with van der Waals surface area (Å²) in [6.45, 7) is 1.49. The Bertz CT molecular complexity index is 1030. The van der Waals surface area contributed by atoms with Crippen molar-refractivity contribution in [2.75, 3.05) is 0 Å². The minimum Gasteiger partial charge on any atom is -0.361 e. The molecule has 0 saturated heterocycles. The summed E-state index contributed by atoms with van der Waals surface area (Å²) >= 11 is 0. The van der Waals surface area contributed by atoms with Crippen LogP contribution in [0.1, 0.15) is 11.1 Å². The number of aromatic amines is 2. The molecule has 4 aromatic rings. The molecule has 2 heterocycles. The SMILES string of the molecule is O=c1[nH]cc(CNCc2cccc3[nH]ccc23)c2ccccc12. The molecule has 0 unspecified atom stereocenters. The van der Waals surface area contributed by atoms with Gasteiger partial charge in [0.25, 0.3) is 5.56 Å². The molecule has 0 spiro atoms. The minimum absolute atomic E-state index is 0.0403. The number of benzene rings is 2. The van der Waals surface area contributed by atoms with E-state index in [1.54, 1.807) is 6.20 Å². The Kier molecular flexibility index (Phi) is 3.44. The standard InChI is InChI=1S/C19H17N3O/c23-19-17-6-2-1-5-15(17)14(12-22-19)11-20-10-13-4-3-7-18-16(13)8-9-21-18/h1-9,12,20-21H,10-11H2,(H,22,23). The summed E-state index contributed by atoms with van der Waals surface area (Å²) in [6, 6.07) is 16.1. The number of hydrogen-bond acceptors (Lipinski definition) is 2. The maximum absolute atomic E-state index is 11.9. The molecule has 0 aliphatic carbocycles. The summed E-state index contributed by atoms with van der Waals surface area (Å²) in [4.78, 5) is 17.9. The van der Waals surface area contributed by atoms with Gasteiger partial charge >= 0.3 is 0 Å². The van der Waals surface area contributed by atoms with Gasteiger partial charge in [-0.2, -0.15) is 0 Å². The van der Waals surface area contributed by atoms with E-state index < -0.39 is 0 Å². The second-order valence-corrected chi connectivity index (χ2v) is 5.65. The fraction of sp³-hybridized carbons (Fsp3) is 0.105. The molecule has 0 radical (unpaired) electrons. The molecular weight excluding hydrogens is 286 g/mol. The zero-order valence-electron chi connectivity index (χ0n) is 12.6. The molecule has 0 saturated carbocycles. The number of rotatable bonds is 4. The lowest BCUT2D eigenvalue weighted by molar-refractivity contribution is 0.698. The van der Waals surface area contributed by atoms with Crippen LogP contribution in [0, 0.1) is 0 Å². The van der Waals surface area contributed by atoms with Crippen molar-refractivity contribution < 1.29 is 0 Å². The summed E-state index contributed by atoms with van der Waals surface area (Å²) in [5, 5.41) is 6.46. The molecule has 23 heavy (non-hydrogen) atoms. The van der Waals surface area contributed by atoms with Crippen molar-refractivity contribution in [3.05, 3.63) is 82.4 Å². The van der Waals surface area contributed by atoms with Crippen molar-refractivity contribution in [2.45, 2.75) is 13.1 Å². The van der Waals surface area contributed by atoms with Crippen LogP contribution in [0.5, 0.6) is 0 Å². The smallest absolute Gasteiger partial charge is 0.255 e. The Labute approximate surface area is 133 Å². The van der Waals surface area contributed by atoms with E-state index >= 15 is 0 Å². The fourth-order valence-corrected chi connectivity index (χ4v) is 3.05. The van der Waals surface area contributed by atoms with E-state index in [1.165, 1.54) is 10.9 Å². The number of hydrogen-bond donors (Lipinski definition) is 3. The molecule has 4 rings (SSSR count). The van der Waals surface area contributed by atoms with Crippen molar-refractivity contribution in [2.24, 2.45) is 0 Å². The topological polar surface area (TPSA) is 60.7 Å². The van der Waals surface area contributed by atoms with E-state index in [0.29, 0.717) is 6.54 Å². The van der Waals surface area contributed by atoms with Crippen LogP contribution in [0.3, 0.4) is 0 Å². The monoisotopic (exact) mass is 303 g/mol. The third-order valence-corrected chi connectivity index (χ3v) is 4.21. The van der Waals surface area contributed by atoms with Crippen LogP contribution < -0.4 is 10.9 Å². The van der Waals surface area contributed by atoms with Gasteiger partial charge in [0.15, 0.2) is 0 Å². The predicted octanol–water partition coefficient (Wildman–Crippen LogP) is 3.30. The molecule has 114 valence electrons. The van der Waals surface area contributed by atoms with E-state index in [9.17, 15) is 4.79 Å². The zero-order chi connectivity index (χ0) is 15.6. The number of pyridine rings is 1. The molecule has 0 aliphatic rings. The summed E-state index contributed by atoms with van der Waals surface area (Å²) in [5.41, 5.74) is 3.47. The third-order valence-electron chi connectivity index (χ3n) is 4.21. The van der Waals surface area contributed by atoms with Gasteiger partial charge in [-0.15, -0.1) is 0 Å². The van der Waals surface area contributed by atoms with Gasteiger partial charge in [-0.25, -0.2) is 0 Å². The first-order valence-electron chi connectivity index (χ1n) is 7.68. The van der Waals surface area contributed by atoms with Crippen LogP contribution in [0.25, 0.3) is 21.7 Å². The summed E-state index contributed by atoms with van der Waals surface area (Å²) in [5.74, 6) is 0. The molecule has 4 heteroatoms. The van der Waals surface area contributed by atoms with Crippen molar-refractivity contribution in [1.29, 1.82) is 0 Å². The van der Waals surface area contributed by atoms with Gasteiger partial charge in [0.05, 0.1) is 0 Å². The van der Waals surface area contributed by atoms with E-state index in [-0.39, 0.29) is 5.56 Å². The number of fused-ring (bicyclic) bond motifs is 2. The molecule has 0 bridgehead atoms. The van der Waals surface area contributed by atoms with Crippen molar-refractivity contribution in [1.82, 2.24) is 15.3 Å². The highest BCUT2D eigenvalue weighted by Gasteiger charge is 2.05. The van der Waals surface area contributed by atoms with Crippen LogP contribution in [-0.2, 0) is 13.1 Å². The quantitative estimate of drug-likeness (QED) is 0.542. The highest BCUT2D eigenvalue weighted by atomic mass is 16.1. The molecular formula is C19H17N3O. The largest absolute Gasteiger partial charge is 0.361 e. The lowest BCUT2D eigenvalue weighted by atomic mass is 10.1. The molecule has 2 aromatic heterocycles. The van der Waals surface area contributed by atoms with Crippen LogP contribution in [0.2, 0.25) is 0 Å². The van der Waals surface area contributed by atoms with Gasteiger partial charge in [0.2, 0.25) is 0 Å². The Morgan fingerprint density at radius 3 is 2.52 bits per heavy atom. The molecule has 0 aliphatic heterocycles. The van der Waals surface area contributed by atoms with Crippen molar-refractivity contribution >= 4 is 21.7 Å². The van der Waals surface area contributed by atoms with Gasteiger partial charge in [-0.1, -0.05) is 30.3 Å². The molecule has 0 fully saturated rings. The predicted molar refractivity (Wildman–Crippen MR) is 93.4 cm³/mol. The highest BCUT2D eigenvalue weighted by Crippen LogP contribution is 2.18. The van der Waals surface area contributed by atoms with Crippen LogP contribution in [-0.4, -0.2) is 9.97 Å². The third kappa shape index (κ3) is 2.53. The van der Waals surface area contributed by atoms with Crippen LogP contribution in [0.15, 0.2) is 65.7 Å². The zero-order valence-corrected chi connectivity index (χ0v) is 12.6. The van der Waals surface area contributed by atoms with Crippen molar-refractivity contribution in [3.63, 3.8) is 0 Å². The second kappa shape index (κ2) is 5.74. The lowest BCUT2D eigenvalue weighted by Gasteiger charge is -2.09. The molecule has 4 nitrogen and oxygen atoms in total. The summed E-state index contributed by atoms with van der Waals surface area (Å²) in [6.07, 6.45) is 3.76. The fourth-order valence-electron chi connectivity index (χ4n) is 3.05. The second-order valence-electron chi connectivity index (χ2n) is 5.65. The molecule has 2 aromatic carbocycles. The van der Waals surface area contributed by atoms with Crippen LogP contribution >= 0.6 is 0 Å². The normalized spacial score (nSPS) is 11.3. The van der Waals surface area contributed by atoms with Gasteiger partial charge in [-0.3, -0.25) is 4.79 Å². The number of H-pyrrole nitrogens is 2. The Morgan fingerprint density at radius 1 is 0.783 bits per heavy atom. The number of nitrogens with one attached hydrogen (secondary N) is 3. The summed E-state index contributed by atoms with van der Waals surface area (Å²) < 4.78 is 0. The minimum atomic E-state index is -0.0403. The first-order chi connectivity index (χ1) is 11.3. The maximum Gasteiger partial charge on any atom is 0.255 e. The average molecular weight is 303 g/mol. The average Bonchev–Trinajstić information content (AvgIpc) is 3.07. The van der Waals surface area contributed by atoms with E-state index in [2.05, 4.69) is 39.6 Å². The molecule has 0 atom stereocenters. The Hall–Kier alpha value is -2.85. The van der Waals surface area contributed by atoms with Gasteiger partial charge in [-0.05, 0) is 34.7 Å². The summed E-state index contributed by atoms with van der Waals surface area (Å²) in [7, 11) is 0. The molecule has 3 N–H and O–H groups in total. The molecule has 0 amide bonds. The Balaban J connectivity index is 1.57. The van der Waals surface area contributed by atoms with Crippen LogP contribution in [0.4, 0.5) is 0 Å². The number of aromatic nitrogens is 2. The first kappa shape index (κ1) is 13.8. The van der Waals surface area contributed by atoms with E-state index in [0.717, 1.165) is 28.4 Å². The van der Waals surface area contributed by atoms with Gasteiger partial charge in [0, 0.05) is 41.8 Å². The van der Waals surface area contributed by atoms with Gasteiger partial charge in [0.1, 0.15) is 0 Å². The highest BCUT2D eigenvalue weighted by molar-refractivity contribution is 5.84.